The fourth-order valence-electron chi connectivity index (χ4n) is 1.04. The molecule has 0 aliphatic rings. The number of carbonyl (C=O) groups is 1. The number of aryl methyl sites for hydroxylation is 1. The van der Waals surface area contributed by atoms with Crippen LogP contribution in [0.15, 0.2) is 24.4 Å². The predicted molar refractivity (Wildman–Crippen MR) is 52.3 cm³/mol. The van der Waals surface area contributed by atoms with E-state index >= 15 is 0 Å². The van der Waals surface area contributed by atoms with Gasteiger partial charge in [-0.05, 0) is 18.6 Å². The summed E-state index contributed by atoms with van der Waals surface area (Å²) in [4.78, 5) is 20.2. The molecule has 0 N–H and O–H groups in total. The fraction of sp³-hybridized carbons (Fsp3) is 0.400. The van der Waals surface area contributed by atoms with Gasteiger partial charge in [0.05, 0.1) is 7.11 Å². The van der Waals surface area contributed by atoms with Crippen LogP contribution in [-0.2, 0) is 16.1 Å². The molecule has 4 nitrogen and oxygen atoms in total. The van der Waals surface area contributed by atoms with Crippen LogP contribution in [0.3, 0.4) is 0 Å². The quantitative estimate of drug-likeness (QED) is 0.672. The fourth-order valence-corrected chi connectivity index (χ4v) is 1.04. The zero-order valence-electron chi connectivity index (χ0n) is 8.43. The first kappa shape index (κ1) is 10.7. The van der Waals surface area contributed by atoms with Crippen molar-refractivity contribution in [3.8, 4) is 0 Å². The number of rotatable bonds is 4. The molecule has 0 aromatic carbocycles. The Morgan fingerprint density at radius 1 is 1.57 bits per heavy atom. The molecule has 1 aromatic rings. The summed E-state index contributed by atoms with van der Waals surface area (Å²) in [6.45, 7) is 0. The van der Waals surface area contributed by atoms with Crippen LogP contribution in [0.25, 0.3) is 0 Å². The van der Waals surface area contributed by atoms with Crippen molar-refractivity contribution in [2.24, 2.45) is 0 Å². The van der Waals surface area contributed by atoms with E-state index < -0.39 is 0 Å². The molecule has 1 rings (SSSR count). The van der Waals surface area contributed by atoms with Gasteiger partial charge in [-0.25, -0.2) is 5.06 Å². The lowest BCUT2D eigenvalue weighted by atomic mass is 10.2. The zero-order chi connectivity index (χ0) is 10.4. The van der Waals surface area contributed by atoms with Gasteiger partial charge in [0.15, 0.2) is 0 Å². The Balaban J connectivity index is 2.38. The van der Waals surface area contributed by atoms with E-state index in [4.69, 9.17) is 4.84 Å². The molecular weight excluding hydrogens is 180 g/mol. The van der Waals surface area contributed by atoms with Crippen LogP contribution in [0.5, 0.6) is 0 Å². The van der Waals surface area contributed by atoms with Gasteiger partial charge in [0, 0.05) is 25.4 Å². The van der Waals surface area contributed by atoms with E-state index in [1.54, 1.807) is 13.2 Å². The minimum absolute atomic E-state index is 0.0434. The van der Waals surface area contributed by atoms with Crippen molar-refractivity contribution in [2.45, 2.75) is 12.8 Å². The highest BCUT2D eigenvalue weighted by Crippen LogP contribution is 2.00. The number of aromatic nitrogens is 1. The molecule has 1 aromatic heterocycles. The highest BCUT2D eigenvalue weighted by atomic mass is 16.7. The Hall–Kier alpha value is -1.42. The molecule has 76 valence electrons. The summed E-state index contributed by atoms with van der Waals surface area (Å²) in [5, 5.41) is 1.23. The smallest absolute Gasteiger partial charge is 0.246 e. The molecular formula is C10H14N2O2. The molecule has 14 heavy (non-hydrogen) atoms. The number of hydroxylamine groups is 2. The minimum atomic E-state index is -0.0434. The third-order valence-corrected chi connectivity index (χ3v) is 1.95. The van der Waals surface area contributed by atoms with Crippen molar-refractivity contribution >= 4 is 5.91 Å². The molecule has 1 heterocycles. The highest BCUT2D eigenvalue weighted by Gasteiger charge is 2.07. The summed E-state index contributed by atoms with van der Waals surface area (Å²) < 4.78 is 0. The number of hydrogen-bond donors (Lipinski definition) is 0. The molecule has 0 atom stereocenters. The number of amides is 1. The molecule has 0 aliphatic carbocycles. The maximum Gasteiger partial charge on any atom is 0.246 e. The van der Waals surface area contributed by atoms with Crippen LogP contribution in [0.1, 0.15) is 12.1 Å². The molecule has 0 spiro atoms. The van der Waals surface area contributed by atoms with Crippen molar-refractivity contribution < 1.29 is 9.63 Å². The van der Waals surface area contributed by atoms with Gasteiger partial charge in [0.25, 0.3) is 0 Å². The number of nitrogens with zero attached hydrogens (tertiary/aromatic N) is 2. The average molecular weight is 194 g/mol. The van der Waals surface area contributed by atoms with Crippen LogP contribution in [0, 0.1) is 0 Å². The molecule has 0 bridgehead atoms. The van der Waals surface area contributed by atoms with Crippen LogP contribution >= 0.6 is 0 Å². The van der Waals surface area contributed by atoms with Crippen LogP contribution in [0.2, 0.25) is 0 Å². The van der Waals surface area contributed by atoms with Gasteiger partial charge in [-0.1, -0.05) is 6.07 Å². The normalized spacial score (nSPS) is 9.86. The Morgan fingerprint density at radius 3 is 2.93 bits per heavy atom. The van der Waals surface area contributed by atoms with Gasteiger partial charge < -0.3 is 0 Å². The van der Waals surface area contributed by atoms with Crippen LogP contribution in [0.4, 0.5) is 0 Å². The maximum atomic E-state index is 11.3. The van der Waals surface area contributed by atoms with Gasteiger partial charge in [0.2, 0.25) is 5.91 Å². The maximum absolute atomic E-state index is 11.3. The monoisotopic (exact) mass is 194 g/mol. The van der Waals surface area contributed by atoms with E-state index in [1.807, 2.05) is 18.2 Å². The standard InChI is InChI=1S/C10H14N2O2/c1-12(14-2)10(13)7-6-9-5-3-4-8-11-9/h3-5,8H,6-7H2,1-2H3. The van der Waals surface area contributed by atoms with Gasteiger partial charge in [0.1, 0.15) is 0 Å². The number of hydrogen-bond acceptors (Lipinski definition) is 3. The van der Waals surface area contributed by atoms with Crippen molar-refractivity contribution in [3.05, 3.63) is 30.1 Å². The molecule has 0 unspecified atom stereocenters. The third-order valence-electron chi connectivity index (χ3n) is 1.95. The molecule has 0 fully saturated rings. The van der Waals surface area contributed by atoms with E-state index in [0.29, 0.717) is 12.8 Å². The van der Waals surface area contributed by atoms with E-state index in [2.05, 4.69) is 4.98 Å². The summed E-state index contributed by atoms with van der Waals surface area (Å²) in [5.74, 6) is -0.0434. The Bertz CT molecular complexity index is 287. The highest BCUT2D eigenvalue weighted by molar-refractivity contribution is 5.74. The van der Waals surface area contributed by atoms with Crippen molar-refractivity contribution in [2.75, 3.05) is 14.2 Å². The molecule has 1 amide bonds. The second-order valence-electron chi connectivity index (χ2n) is 2.89. The lowest BCUT2D eigenvalue weighted by Gasteiger charge is -2.12. The number of carbonyl (C=O) groups excluding carboxylic acids is 1. The number of pyridine rings is 1. The van der Waals surface area contributed by atoms with Crippen LogP contribution in [-0.4, -0.2) is 30.1 Å². The van der Waals surface area contributed by atoms with Gasteiger partial charge in [-0.15, -0.1) is 0 Å². The topological polar surface area (TPSA) is 42.4 Å². The summed E-state index contributed by atoms with van der Waals surface area (Å²) in [7, 11) is 3.07. The SMILES string of the molecule is CON(C)C(=O)CCc1ccccn1. The minimum Gasteiger partial charge on any atom is -0.275 e. The first-order valence-electron chi connectivity index (χ1n) is 4.44. The van der Waals surface area contributed by atoms with Gasteiger partial charge in [-0.2, -0.15) is 0 Å². The van der Waals surface area contributed by atoms with Crippen molar-refractivity contribution in [1.82, 2.24) is 10.0 Å². The van der Waals surface area contributed by atoms with E-state index in [-0.39, 0.29) is 5.91 Å². The van der Waals surface area contributed by atoms with Crippen molar-refractivity contribution in [1.29, 1.82) is 0 Å². The summed E-state index contributed by atoms with van der Waals surface area (Å²) in [6.07, 6.45) is 2.79. The first-order chi connectivity index (χ1) is 6.74. The predicted octanol–water partition coefficient (Wildman–Crippen LogP) is 1.03. The molecule has 0 saturated heterocycles. The van der Waals surface area contributed by atoms with Gasteiger partial charge in [-0.3, -0.25) is 14.6 Å². The molecule has 0 saturated carbocycles. The van der Waals surface area contributed by atoms with Crippen molar-refractivity contribution in [3.63, 3.8) is 0 Å². The van der Waals surface area contributed by atoms with E-state index in [9.17, 15) is 4.79 Å². The summed E-state index contributed by atoms with van der Waals surface area (Å²) in [6, 6.07) is 5.67. The van der Waals surface area contributed by atoms with Crippen LogP contribution < -0.4 is 0 Å². The Kier molecular flexibility index (Phi) is 4.07. The van der Waals surface area contributed by atoms with Gasteiger partial charge >= 0.3 is 0 Å². The third kappa shape index (κ3) is 3.14. The van der Waals surface area contributed by atoms with E-state index in [0.717, 1.165) is 5.69 Å². The lowest BCUT2D eigenvalue weighted by Crippen LogP contribution is -2.25. The summed E-state index contributed by atoms with van der Waals surface area (Å²) in [5.41, 5.74) is 0.922. The average Bonchev–Trinajstić information content (AvgIpc) is 2.26. The summed E-state index contributed by atoms with van der Waals surface area (Å²) >= 11 is 0. The Labute approximate surface area is 83.5 Å². The Morgan fingerprint density at radius 2 is 2.36 bits per heavy atom. The first-order valence-corrected chi connectivity index (χ1v) is 4.44. The molecule has 0 radical (unpaired) electrons. The molecule has 4 heteroatoms. The zero-order valence-corrected chi connectivity index (χ0v) is 8.43. The molecule has 0 aliphatic heterocycles. The largest absolute Gasteiger partial charge is 0.275 e. The second kappa shape index (κ2) is 5.34. The van der Waals surface area contributed by atoms with E-state index in [1.165, 1.54) is 12.2 Å². The second-order valence-corrected chi connectivity index (χ2v) is 2.89. The lowest BCUT2D eigenvalue weighted by molar-refractivity contribution is -0.168.